The molecule has 0 amide bonds. The second-order valence-electron chi connectivity index (χ2n) is 11.0. The monoisotopic (exact) mass is 484 g/mol. The van der Waals surface area contributed by atoms with Crippen molar-refractivity contribution < 1.29 is 8.98 Å². The standard InChI is InChI=1S/C33H30NOSi/c1-19-10-9-13-28-29(19)25-15-14-23-24(33(25)36(28,5)6)16-17-34(4)31(23)30-21(3)20(2)18-26-22-11-7-8-12-27(22)35-32(26)30/h7-18H,1-6H3/q+1. The van der Waals surface area contributed by atoms with Crippen LogP contribution in [0.3, 0.4) is 0 Å². The van der Waals surface area contributed by atoms with Crippen molar-refractivity contribution in [1.82, 2.24) is 0 Å². The number of aryl methyl sites for hydroxylation is 3. The van der Waals surface area contributed by atoms with E-state index in [1.165, 1.54) is 60.6 Å². The topological polar surface area (TPSA) is 17.0 Å². The Hall–Kier alpha value is -3.69. The van der Waals surface area contributed by atoms with E-state index in [2.05, 4.69) is 118 Å². The van der Waals surface area contributed by atoms with E-state index >= 15 is 0 Å². The van der Waals surface area contributed by atoms with E-state index in [1.54, 1.807) is 10.4 Å². The van der Waals surface area contributed by atoms with E-state index in [9.17, 15) is 0 Å². The van der Waals surface area contributed by atoms with Crippen molar-refractivity contribution in [2.75, 3.05) is 0 Å². The Morgan fingerprint density at radius 2 is 1.53 bits per heavy atom. The molecule has 2 aromatic heterocycles. The number of pyridine rings is 1. The van der Waals surface area contributed by atoms with Gasteiger partial charge in [0.25, 0.3) is 0 Å². The summed E-state index contributed by atoms with van der Waals surface area (Å²) in [6, 6.07) is 24.6. The molecule has 0 N–H and O–H groups in total. The van der Waals surface area contributed by atoms with Crippen molar-refractivity contribution in [3.63, 3.8) is 0 Å². The van der Waals surface area contributed by atoms with Gasteiger partial charge >= 0.3 is 0 Å². The molecule has 0 atom stereocenters. The zero-order valence-corrected chi connectivity index (χ0v) is 22.8. The average molecular weight is 485 g/mol. The fourth-order valence-electron chi connectivity index (χ4n) is 6.70. The number of para-hydroxylation sites is 1. The van der Waals surface area contributed by atoms with Gasteiger partial charge in [0.15, 0.2) is 6.20 Å². The molecule has 0 radical (unpaired) electrons. The van der Waals surface area contributed by atoms with Crippen LogP contribution in [0.5, 0.6) is 0 Å². The molecular formula is C33H30NOSi+. The minimum atomic E-state index is -1.86. The van der Waals surface area contributed by atoms with Crippen LogP contribution in [0.25, 0.3) is 55.1 Å². The van der Waals surface area contributed by atoms with E-state index < -0.39 is 8.07 Å². The number of rotatable bonds is 1. The van der Waals surface area contributed by atoms with Crippen LogP contribution in [0.15, 0.2) is 77.3 Å². The van der Waals surface area contributed by atoms with Gasteiger partial charge in [-0.3, -0.25) is 0 Å². The summed E-state index contributed by atoms with van der Waals surface area (Å²) in [5.41, 5.74) is 11.2. The molecule has 2 nitrogen and oxygen atoms in total. The van der Waals surface area contributed by atoms with Gasteiger partial charge in [-0.05, 0) is 82.5 Å². The summed E-state index contributed by atoms with van der Waals surface area (Å²) in [6.07, 6.45) is 2.24. The summed E-state index contributed by atoms with van der Waals surface area (Å²) >= 11 is 0. The summed E-state index contributed by atoms with van der Waals surface area (Å²) in [5, 5.41) is 8.20. The highest BCUT2D eigenvalue weighted by Gasteiger charge is 2.40. The largest absolute Gasteiger partial charge is 0.455 e. The van der Waals surface area contributed by atoms with Crippen LogP contribution in [0.4, 0.5) is 0 Å². The van der Waals surface area contributed by atoms with Crippen LogP contribution >= 0.6 is 0 Å². The second kappa shape index (κ2) is 7.17. The molecule has 3 heteroatoms. The maximum Gasteiger partial charge on any atom is 0.224 e. The first-order valence-electron chi connectivity index (χ1n) is 12.8. The molecule has 36 heavy (non-hydrogen) atoms. The zero-order chi connectivity index (χ0) is 24.9. The third-order valence-electron chi connectivity index (χ3n) is 8.58. The van der Waals surface area contributed by atoms with Crippen LogP contribution in [0, 0.1) is 20.8 Å². The maximum atomic E-state index is 6.57. The number of hydrogen-bond donors (Lipinski definition) is 0. The van der Waals surface area contributed by atoms with E-state index in [1.807, 2.05) is 0 Å². The van der Waals surface area contributed by atoms with E-state index in [0.29, 0.717) is 0 Å². The van der Waals surface area contributed by atoms with Crippen molar-refractivity contribution in [2.45, 2.75) is 33.9 Å². The molecule has 176 valence electrons. The van der Waals surface area contributed by atoms with E-state index in [-0.39, 0.29) is 0 Å². The van der Waals surface area contributed by atoms with Crippen molar-refractivity contribution in [3.05, 3.63) is 89.6 Å². The predicted molar refractivity (Wildman–Crippen MR) is 154 cm³/mol. The van der Waals surface area contributed by atoms with Crippen LogP contribution in [0.1, 0.15) is 16.7 Å². The highest BCUT2D eigenvalue weighted by Crippen LogP contribution is 2.41. The molecule has 1 aliphatic rings. The molecule has 0 fully saturated rings. The van der Waals surface area contributed by atoms with Gasteiger partial charge in [-0.1, -0.05) is 55.6 Å². The summed E-state index contributed by atoms with van der Waals surface area (Å²) in [6.45, 7) is 11.7. The normalized spacial score (nSPS) is 14.1. The molecule has 4 aromatic carbocycles. The minimum Gasteiger partial charge on any atom is -0.455 e. The fraction of sp³-hybridized carbons (Fsp3) is 0.182. The predicted octanol–water partition coefficient (Wildman–Crippen LogP) is 6.96. The van der Waals surface area contributed by atoms with Crippen molar-refractivity contribution in [1.29, 1.82) is 0 Å². The van der Waals surface area contributed by atoms with Crippen molar-refractivity contribution in [2.24, 2.45) is 7.05 Å². The summed E-state index contributed by atoms with van der Waals surface area (Å²) in [7, 11) is 0.311. The van der Waals surface area contributed by atoms with E-state index in [4.69, 9.17) is 4.42 Å². The molecule has 1 aliphatic heterocycles. The van der Waals surface area contributed by atoms with Crippen LogP contribution in [-0.4, -0.2) is 8.07 Å². The Balaban J connectivity index is 1.63. The first-order valence-corrected chi connectivity index (χ1v) is 15.8. The van der Waals surface area contributed by atoms with Crippen LogP contribution in [0.2, 0.25) is 13.1 Å². The lowest BCUT2D eigenvalue weighted by Gasteiger charge is -2.21. The lowest BCUT2D eigenvalue weighted by atomic mass is 9.92. The number of nitrogens with zero attached hydrogens (tertiary/aromatic N) is 1. The van der Waals surface area contributed by atoms with E-state index in [0.717, 1.165) is 11.2 Å². The Bertz CT molecular complexity index is 1910. The minimum absolute atomic E-state index is 0.946. The molecule has 0 bridgehead atoms. The highest BCUT2D eigenvalue weighted by molar-refractivity contribution is 7.05. The molecular weight excluding hydrogens is 454 g/mol. The smallest absolute Gasteiger partial charge is 0.224 e. The second-order valence-corrected chi connectivity index (χ2v) is 15.3. The van der Waals surface area contributed by atoms with Crippen LogP contribution in [-0.2, 0) is 7.05 Å². The number of hydrogen-bond acceptors (Lipinski definition) is 1. The quantitative estimate of drug-likeness (QED) is 0.182. The lowest BCUT2D eigenvalue weighted by molar-refractivity contribution is -0.659. The molecule has 0 aliphatic carbocycles. The maximum absolute atomic E-state index is 6.57. The highest BCUT2D eigenvalue weighted by atomic mass is 28.3. The van der Waals surface area contributed by atoms with Gasteiger partial charge in [0.05, 0.1) is 10.9 Å². The summed E-state index contributed by atoms with van der Waals surface area (Å²) in [4.78, 5) is 0. The number of fused-ring (bicyclic) bond motifs is 8. The summed E-state index contributed by atoms with van der Waals surface area (Å²) < 4.78 is 8.86. The molecule has 7 rings (SSSR count). The Morgan fingerprint density at radius 3 is 2.36 bits per heavy atom. The molecule has 0 unspecified atom stereocenters. The Morgan fingerprint density at radius 1 is 0.722 bits per heavy atom. The molecule has 0 saturated carbocycles. The van der Waals surface area contributed by atoms with Crippen LogP contribution < -0.4 is 14.9 Å². The third kappa shape index (κ3) is 2.64. The van der Waals surface area contributed by atoms with Gasteiger partial charge in [0.2, 0.25) is 5.69 Å². The average Bonchev–Trinajstić information content (AvgIpc) is 3.34. The van der Waals surface area contributed by atoms with Gasteiger partial charge in [0, 0.05) is 16.8 Å². The molecule has 6 aromatic rings. The molecule has 0 spiro atoms. The fourth-order valence-corrected chi connectivity index (χ4v) is 10.2. The van der Waals surface area contributed by atoms with Gasteiger partial charge < -0.3 is 4.42 Å². The first-order chi connectivity index (χ1) is 17.3. The first kappa shape index (κ1) is 21.6. The van der Waals surface area contributed by atoms with Gasteiger partial charge in [-0.15, -0.1) is 0 Å². The van der Waals surface area contributed by atoms with Crippen molar-refractivity contribution >= 4 is 51.2 Å². The van der Waals surface area contributed by atoms with Crippen molar-refractivity contribution in [3.8, 4) is 22.4 Å². The lowest BCUT2D eigenvalue weighted by Crippen LogP contribution is -2.49. The Kier molecular flexibility index (Phi) is 4.30. The molecule has 0 saturated heterocycles. The summed E-state index contributed by atoms with van der Waals surface area (Å²) in [5.74, 6) is 0. The number of furan rings is 1. The Labute approximate surface area is 212 Å². The van der Waals surface area contributed by atoms with Gasteiger partial charge in [-0.25, -0.2) is 4.57 Å². The SMILES string of the molecule is Cc1cc2c(oc3ccccc32)c(-c2c3ccc4c(c3cc[n+]2C)[Si](C)(C)c2cccc(C)c2-4)c1C. The van der Waals surface area contributed by atoms with Gasteiger partial charge in [0.1, 0.15) is 26.3 Å². The third-order valence-corrected chi connectivity index (χ3v) is 12.1. The molecule has 3 heterocycles. The number of benzene rings is 4. The zero-order valence-electron chi connectivity index (χ0n) is 21.8. The van der Waals surface area contributed by atoms with Gasteiger partial charge in [-0.2, -0.15) is 0 Å². The number of aromatic nitrogens is 1.